The van der Waals surface area contributed by atoms with Gasteiger partial charge in [-0.1, -0.05) is 18.2 Å². The summed E-state index contributed by atoms with van der Waals surface area (Å²) < 4.78 is 5.47. The Balaban J connectivity index is 2.24. The van der Waals surface area contributed by atoms with Gasteiger partial charge in [0.05, 0.1) is 0 Å². The third kappa shape index (κ3) is 3.97. The molecule has 0 aromatic heterocycles. The molecule has 1 aromatic rings. The molecule has 0 saturated carbocycles. The quantitative estimate of drug-likeness (QED) is 0.717. The van der Waals surface area contributed by atoms with Crippen LogP contribution in [0.4, 0.5) is 0 Å². The zero-order valence-electron chi connectivity index (χ0n) is 8.15. The maximum Gasteiger partial charge on any atom is 0.119 e. The maximum absolute atomic E-state index is 5.79. The summed E-state index contributed by atoms with van der Waals surface area (Å²) in [5.74, 6) is 3.41. The van der Waals surface area contributed by atoms with E-state index < -0.39 is 0 Å². The first-order valence-corrected chi connectivity index (χ1v) is 4.70. The van der Waals surface area contributed by atoms with Gasteiger partial charge in [0.15, 0.2) is 0 Å². The fourth-order valence-corrected chi connectivity index (χ4v) is 1.07. The van der Waals surface area contributed by atoms with Gasteiger partial charge in [0.2, 0.25) is 0 Å². The van der Waals surface area contributed by atoms with Crippen LogP contribution in [0.2, 0.25) is 0 Å². The molecule has 0 spiro atoms. The van der Waals surface area contributed by atoms with Crippen molar-refractivity contribution in [3.63, 3.8) is 0 Å². The Morgan fingerprint density at radius 2 is 2.07 bits per heavy atom. The fraction of sp³-hybridized carbons (Fsp3) is 0.333. The lowest BCUT2D eigenvalue weighted by molar-refractivity contribution is 0.283. The number of hydrogen-bond acceptors (Lipinski definition) is 2. The van der Waals surface area contributed by atoms with Gasteiger partial charge in [-0.15, -0.1) is 12.3 Å². The Morgan fingerprint density at radius 3 is 2.71 bits per heavy atom. The van der Waals surface area contributed by atoms with Gasteiger partial charge in [-0.25, -0.2) is 0 Å². The standard InChI is InChI=1S/C12H15NO/c1-2-3-7-11(13)10-14-12-8-5-4-6-9-12/h1,4-6,8-9,11H,3,7,10,13H2. The molecule has 1 atom stereocenters. The van der Waals surface area contributed by atoms with E-state index in [4.69, 9.17) is 16.9 Å². The van der Waals surface area contributed by atoms with Gasteiger partial charge in [0, 0.05) is 12.5 Å². The maximum atomic E-state index is 5.79. The van der Waals surface area contributed by atoms with Crippen LogP contribution in [0.5, 0.6) is 5.75 Å². The average molecular weight is 189 g/mol. The normalized spacial score (nSPS) is 11.7. The Labute approximate surface area is 85.1 Å². The number of benzene rings is 1. The van der Waals surface area contributed by atoms with Crippen molar-refractivity contribution in [1.29, 1.82) is 0 Å². The predicted octanol–water partition coefficient (Wildman–Crippen LogP) is 1.81. The molecule has 2 nitrogen and oxygen atoms in total. The van der Waals surface area contributed by atoms with Crippen molar-refractivity contribution < 1.29 is 4.74 Å². The van der Waals surface area contributed by atoms with Gasteiger partial charge in [-0.3, -0.25) is 0 Å². The van der Waals surface area contributed by atoms with Crippen molar-refractivity contribution in [2.24, 2.45) is 5.73 Å². The average Bonchev–Trinajstić information content (AvgIpc) is 2.25. The summed E-state index contributed by atoms with van der Waals surface area (Å²) in [5, 5.41) is 0. The summed E-state index contributed by atoms with van der Waals surface area (Å²) in [7, 11) is 0. The highest BCUT2D eigenvalue weighted by atomic mass is 16.5. The topological polar surface area (TPSA) is 35.2 Å². The molecule has 2 heteroatoms. The molecule has 1 unspecified atom stereocenters. The minimum absolute atomic E-state index is 0.0197. The van der Waals surface area contributed by atoms with E-state index in [9.17, 15) is 0 Å². The molecular weight excluding hydrogens is 174 g/mol. The van der Waals surface area contributed by atoms with Gasteiger partial charge in [0.25, 0.3) is 0 Å². The summed E-state index contributed by atoms with van der Waals surface area (Å²) in [6.07, 6.45) is 6.65. The van der Waals surface area contributed by atoms with Crippen LogP contribution in [0.15, 0.2) is 30.3 Å². The van der Waals surface area contributed by atoms with E-state index in [-0.39, 0.29) is 6.04 Å². The van der Waals surface area contributed by atoms with Crippen LogP contribution >= 0.6 is 0 Å². The Bertz CT molecular complexity index is 289. The first kappa shape index (κ1) is 10.6. The molecular formula is C12H15NO. The molecule has 1 aromatic carbocycles. The third-order valence-electron chi connectivity index (χ3n) is 1.87. The smallest absolute Gasteiger partial charge is 0.119 e. The lowest BCUT2D eigenvalue weighted by atomic mass is 10.2. The molecule has 0 aliphatic heterocycles. The number of ether oxygens (including phenoxy) is 1. The first-order valence-electron chi connectivity index (χ1n) is 4.70. The van der Waals surface area contributed by atoms with Gasteiger partial charge in [0.1, 0.15) is 12.4 Å². The molecule has 0 fully saturated rings. The Kier molecular flexibility index (Phi) is 4.60. The summed E-state index contributed by atoms with van der Waals surface area (Å²) in [6, 6.07) is 9.66. The van der Waals surface area contributed by atoms with Gasteiger partial charge in [-0.2, -0.15) is 0 Å². The van der Waals surface area contributed by atoms with Crippen LogP contribution in [0.1, 0.15) is 12.8 Å². The van der Waals surface area contributed by atoms with E-state index in [0.29, 0.717) is 13.0 Å². The van der Waals surface area contributed by atoms with E-state index in [2.05, 4.69) is 5.92 Å². The monoisotopic (exact) mass is 189 g/mol. The molecule has 74 valence electrons. The molecule has 0 amide bonds. The van der Waals surface area contributed by atoms with E-state index >= 15 is 0 Å². The van der Waals surface area contributed by atoms with Crippen molar-refractivity contribution in [1.82, 2.24) is 0 Å². The number of rotatable bonds is 5. The van der Waals surface area contributed by atoms with Crippen LogP contribution in [-0.4, -0.2) is 12.6 Å². The largest absolute Gasteiger partial charge is 0.492 e. The van der Waals surface area contributed by atoms with Crippen LogP contribution in [0, 0.1) is 12.3 Å². The predicted molar refractivity (Wildman–Crippen MR) is 58.0 cm³/mol. The second kappa shape index (κ2) is 6.06. The lowest BCUT2D eigenvalue weighted by Crippen LogP contribution is -2.27. The molecule has 0 aliphatic carbocycles. The zero-order valence-corrected chi connectivity index (χ0v) is 8.15. The second-order valence-electron chi connectivity index (χ2n) is 3.13. The first-order chi connectivity index (χ1) is 6.83. The fourth-order valence-electron chi connectivity index (χ4n) is 1.07. The minimum atomic E-state index is 0.0197. The van der Waals surface area contributed by atoms with Gasteiger partial charge in [-0.05, 0) is 18.6 Å². The SMILES string of the molecule is C#CCCC(N)COc1ccccc1. The molecule has 0 radical (unpaired) electrons. The highest BCUT2D eigenvalue weighted by Gasteiger charge is 2.01. The number of terminal acetylenes is 1. The van der Waals surface area contributed by atoms with Crippen LogP contribution in [0.25, 0.3) is 0 Å². The van der Waals surface area contributed by atoms with Crippen LogP contribution in [0.3, 0.4) is 0 Å². The molecule has 2 N–H and O–H groups in total. The van der Waals surface area contributed by atoms with Gasteiger partial charge >= 0.3 is 0 Å². The summed E-state index contributed by atoms with van der Waals surface area (Å²) in [5.41, 5.74) is 5.79. The highest BCUT2D eigenvalue weighted by Crippen LogP contribution is 2.08. The Hall–Kier alpha value is -1.46. The number of hydrogen-bond donors (Lipinski definition) is 1. The van der Waals surface area contributed by atoms with Crippen LogP contribution < -0.4 is 10.5 Å². The van der Waals surface area contributed by atoms with Crippen molar-refractivity contribution in [2.45, 2.75) is 18.9 Å². The molecule has 1 rings (SSSR count). The van der Waals surface area contributed by atoms with Crippen molar-refractivity contribution in [3.8, 4) is 18.1 Å². The second-order valence-corrected chi connectivity index (χ2v) is 3.13. The number of para-hydroxylation sites is 1. The van der Waals surface area contributed by atoms with E-state index in [1.54, 1.807) is 0 Å². The van der Waals surface area contributed by atoms with E-state index in [0.717, 1.165) is 12.2 Å². The summed E-state index contributed by atoms with van der Waals surface area (Å²) in [4.78, 5) is 0. The minimum Gasteiger partial charge on any atom is -0.492 e. The zero-order chi connectivity index (χ0) is 10.2. The van der Waals surface area contributed by atoms with Crippen LogP contribution in [-0.2, 0) is 0 Å². The van der Waals surface area contributed by atoms with Crippen molar-refractivity contribution in [2.75, 3.05) is 6.61 Å². The summed E-state index contributed by atoms with van der Waals surface area (Å²) >= 11 is 0. The third-order valence-corrected chi connectivity index (χ3v) is 1.87. The van der Waals surface area contributed by atoms with Crippen molar-refractivity contribution in [3.05, 3.63) is 30.3 Å². The summed E-state index contributed by atoms with van der Waals surface area (Å²) in [6.45, 7) is 0.520. The highest BCUT2D eigenvalue weighted by molar-refractivity contribution is 5.20. The Morgan fingerprint density at radius 1 is 1.36 bits per heavy atom. The van der Waals surface area contributed by atoms with E-state index in [1.165, 1.54) is 0 Å². The lowest BCUT2D eigenvalue weighted by Gasteiger charge is -2.11. The molecule has 0 heterocycles. The molecule has 0 bridgehead atoms. The van der Waals surface area contributed by atoms with Gasteiger partial charge < -0.3 is 10.5 Å². The molecule has 14 heavy (non-hydrogen) atoms. The van der Waals surface area contributed by atoms with Crippen molar-refractivity contribution >= 4 is 0 Å². The molecule has 0 saturated heterocycles. The van der Waals surface area contributed by atoms with E-state index in [1.807, 2.05) is 30.3 Å². The number of nitrogens with two attached hydrogens (primary N) is 1. The molecule has 0 aliphatic rings.